The summed E-state index contributed by atoms with van der Waals surface area (Å²) in [6, 6.07) is 10.2. The molecule has 0 radical (unpaired) electrons. The molecule has 0 bridgehead atoms. The molecule has 3 aromatic rings. The van der Waals surface area contributed by atoms with Gasteiger partial charge in [0.05, 0.1) is 18.2 Å². The van der Waals surface area contributed by atoms with Crippen LogP contribution in [0.15, 0.2) is 52.9 Å². The topological polar surface area (TPSA) is 59.9 Å². The molecule has 0 aliphatic carbocycles. The van der Waals surface area contributed by atoms with Gasteiger partial charge in [-0.1, -0.05) is 0 Å². The molecule has 2 aromatic carbocycles. The van der Waals surface area contributed by atoms with Crippen LogP contribution in [0.5, 0.6) is 11.5 Å². The smallest absolute Gasteiger partial charge is 0.281 e. The standard InChI is InChI=1S/C21H18F2N2O3S/c1-13-7-8-29-20(13)21(26)25-24-11-14-3-5-18(27-2)15(9-14)12-28-19-6-4-16(22)10-17(19)23/h3-11H,12H2,1-2H3,(H,25,26). The van der Waals surface area contributed by atoms with E-state index in [9.17, 15) is 13.6 Å². The molecule has 1 N–H and O–H groups in total. The third-order valence-electron chi connectivity index (χ3n) is 4.03. The van der Waals surface area contributed by atoms with Crippen LogP contribution in [0.25, 0.3) is 0 Å². The Hall–Kier alpha value is -3.26. The Kier molecular flexibility index (Phi) is 6.56. The Bertz CT molecular complexity index is 1050. The van der Waals surface area contributed by atoms with Crippen LogP contribution in [-0.4, -0.2) is 19.2 Å². The molecule has 0 saturated heterocycles. The van der Waals surface area contributed by atoms with Crippen molar-refractivity contribution in [3.05, 3.63) is 81.0 Å². The number of hydrogen-bond donors (Lipinski definition) is 1. The average Bonchev–Trinajstić information content (AvgIpc) is 3.13. The minimum absolute atomic E-state index is 0.00809. The monoisotopic (exact) mass is 416 g/mol. The van der Waals surface area contributed by atoms with Crippen LogP contribution in [0.1, 0.15) is 26.4 Å². The molecule has 150 valence electrons. The molecule has 1 aromatic heterocycles. The van der Waals surface area contributed by atoms with Crippen molar-refractivity contribution < 1.29 is 23.0 Å². The van der Waals surface area contributed by atoms with E-state index in [1.807, 2.05) is 18.4 Å². The first-order valence-corrected chi connectivity index (χ1v) is 9.48. The van der Waals surface area contributed by atoms with Crippen LogP contribution in [-0.2, 0) is 6.61 Å². The predicted octanol–water partition coefficient (Wildman–Crippen LogP) is 4.69. The van der Waals surface area contributed by atoms with Gasteiger partial charge < -0.3 is 9.47 Å². The highest BCUT2D eigenvalue weighted by molar-refractivity contribution is 7.12. The SMILES string of the molecule is COc1ccc(C=NNC(=O)c2sccc2C)cc1COc1ccc(F)cc1F. The zero-order valence-electron chi connectivity index (χ0n) is 15.7. The maximum atomic E-state index is 13.7. The lowest BCUT2D eigenvalue weighted by atomic mass is 10.1. The van der Waals surface area contributed by atoms with E-state index in [1.54, 1.807) is 18.2 Å². The summed E-state index contributed by atoms with van der Waals surface area (Å²) in [7, 11) is 1.51. The number of aryl methyl sites for hydroxylation is 1. The zero-order valence-corrected chi connectivity index (χ0v) is 16.6. The fourth-order valence-corrected chi connectivity index (χ4v) is 3.38. The molecular formula is C21H18F2N2O3S. The highest BCUT2D eigenvalue weighted by atomic mass is 32.1. The molecule has 0 atom stereocenters. The first-order chi connectivity index (χ1) is 14.0. The molecule has 1 heterocycles. The normalized spacial score (nSPS) is 10.9. The molecule has 5 nitrogen and oxygen atoms in total. The fourth-order valence-electron chi connectivity index (χ4n) is 2.56. The van der Waals surface area contributed by atoms with Crippen LogP contribution < -0.4 is 14.9 Å². The number of rotatable bonds is 7. The number of nitrogens with zero attached hydrogens (tertiary/aromatic N) is 1. The van der Waals surface area contributed by atoms with Gasteiger partial charge in [0.25, 0.3) is 5.91 Å². The third kappa shape index (κ3) is 5.17. The highest BCUT2D eigenvalue weighted by Crippen LogP contribution is 2.24. The lowest BCUT2D eigenvalue weighted by Gasteiger charge is -2.11. The van der Waals surface area contributed by atoms with Crippen molar-refractivity contribution in [2.24, 2.45) is 5.10 Å². The molecule has 0 spiro atoms. The van der Waals surface area contributed by atoms with E-state index in [1.165, 1.54) is 30.7 Å². The molecule has 0 aliphatic rings. The molecule has 3 rings (SSSR count). The van der Waals surface area contributed by atoms with E-state index < -0.39 is 11.6 Å². The number of benzene rings is 2. The molecule has 0 aliphatic heterocycles. The van der Waals surface area contributed by atoms with Crippen LogP contribution in [0.3, 0.4) is 0 Å². The van der Waals surface area contributed by atoms with E-state index in [2.05, 4.69) is 10.5 Å². The number of hydrazone groups is 1. The van der Waals surface area contributed by atoms with E-state index in [0.717, 1.165) is 17.7 Å². The summed E-state index contributed by atoms with van der Waals surface area (Å²) in [6.45, 7) is 1.86. The van der Waals surface area contributed by atoms with Gasteiger partial charge in [-0.25, -0.2) is 14.2 Å². The second kappa shape index (κ2) is 9.29. The van der Waals surface area contributed by atoms with Crippen molar-refractivity contribution in [3.8, 4) is 11.5 Å². The molecule has 1 amide bonds. The Labute approximate surface area is 170 Å². The number of hydrogen-bond acceptors (Lipinski definition) is 5. The van der Waals surface area contributed by atoms with Gasteiger partial charge in [0.1, 0.15) is 18.2 Å². The summed E-state index contributed by atoms with van der Waals surface area (Å²) in [5.74, 6) is -1.26. The maximum absolute atomic E-state index is 13.7. The Morgan fingerprint density at radius 2 is 1.97 bits per heavy atom. The van der Waals surface area contributed by atoms with Gasteiger partial charge in [0, 0.05) is 11.6 Å². The van der Waals surface area contributed by atoms with E-state index in [0.29, 0.717) is 21.8 Å². The zero-order chi connectivity index (χ0) is 20.8. The predicted molar refractivity (Wildman–Crippen MR) is 108 cm³/mol. The molecule has 0 unspecified atom stereocenters. The lowest BCUT2D eigenvalue weighted by Crippen LogP contribution is -2.17. The van der Waals surface area contributed by atoms with Crippen LogP contribution in [0.2, 0.25) is 0 Å². The van der Waals surface area contributed by atoms with Gasteiger partial charge in [0.2, 0.25) is 0 Å². The molecular weight excluding hydrogens is 398 g/mol. The Balaban J connectivity index is 1.69. The van der Waals surface area contributed by atoms with Gasteiger partial charge in [-0.2, -0.15) is 5.10 Å². The van der Waals surface area contributed by atoms with Crippen molar-refractivity contribution in [2.75, 3.05) is 7.11 Å². The summed E-state index contributed by atoms with van der Waals surface area (Å²) < 4.78 is 37.5. The molecule has 0 fully saturated rings. The summed E-state index contributed by atoms with van der Waals surface area (Å²) in [5.41, 5.74) is 4.70. The number of halogens is 2. The van der Waals surface area contributed by atoms with Gasteiger partial charge in [-0.3, -0.25) is 4.79 Å². The largest absolute Gasteiger partial charge is 0.496 e. The molecule has 8 heteroatoms. The number of thiophene rings is 1. The fraction of sp³-hybridized carbons (Fsp3) is 0.143. The lowest BCUT2D eigenvalue weighted by molar-refractivity contribution is 0.0958. The second-order valence-corrected chi connectivity index (χ2v) is 6.98. The number of ether oxygens (including phenoxy) is 2. The Morgan fingerprint density at radius 1 is 1.17 bits per heavy atom. The van der Waals surface area contributed by atoms with Gasteiger partial charge in [-0.05, 0) is 59.8 Å². The summed E-state index contributed by atoms with van der Waals surface area (Å²) >= 11 is 1.34. The summed E-state index contributed by atoms with van der Waals surface area (Å²) in [4.78, 5) is 12.7. The maximum Gasteiger partial charge on any atom is 0.281 e. The minimum Gasteiger partial charge on any atom is -0.496 e. The molecule has 0 saturated carbocycles. The first-order valence-electron chi connectivity index (χ1n) is 8.60. The van der Waals surface area contributed by atoms with Gasteiger partial charge in [-0.15, -0.1) is 11.3 Å². The number of carbonyl (C=O) groups excluding carboxylic acids is 1. The number of methoxy groups -OCH3 is 1. The van der Waals surface area contributed by atoms with Crippen molar-refractivity contribution in [3.63, 3.8) is 0 Å². The second-order valence-electron chi connectivity index (χ2n) is 6.07. The van der Waals surface area contributed by atoms with Crippen molar-refractivity contribution in [2.45, 2.75) is 13.5 Å². The van der Waals surface area contributed by atoms with Crippen molar-refractivity contribution in [1.29, 1.82) is 0 Å². The summed E-state index contributed by atoms with van der Waals surface area (Å²) in [6.07, 6.45) is 1.49. The highest BCUT2D eigenvalue weighted by Gasteiger charge is 2.10. The van der Waals surface area contributed by atoms with Crippen molar-refractivity contribution >= 4 is 23.5 Å². The third-order valence-corrected chi connectivity index (χ3v) is 5.04. The van der Waals surface area contributed by atoms with Gasteiger partial charge in [0.15, 0.2) is 11.6 Å². The summed E-state index contributed by atoms with van der Waals surface area (Å²) in [5, 5.41) is 5.82. The number of carbonyl (C=O) groups is 1. The number of nitrogens with one attached hydrogen (secondary N) is 1. The first kappa shape index (κ1) is 20.5. The molecule has 29 heavy (non-hydrogen) atoms. The quantitative estimate of drug-likeness (QED) is 0.449. The Morgan fingerprint density at radius 3 is 2.66 bits per heavy atom. The average molecular weight is 416 g/mol. The van der Waals surface area contributed by atoms with Crippen LogP contribution in [0, 0.1) is 18.6 Å². The van der Waals surface area contributed by atoms with Crippen molar-refractivity contribution in [1.82, 2.24) is 5.43 Å². The van der Waals surface area contributed by atoms with Gasteiger partial charge >= 0.3 is 0 Å². The van der Waals surface area contributed by atoms with E-state index >= 15 is 0 Å². The number of amides is 1. The minimum atomic E-state index is -0.784. The van der Waals surface area contributed by atoms with Crippen LogP contribution in [0.4, 0.5) is 8.78 Å². The van der Waals surface area contributed by atoms with E-state index in [4.69, 9.17) is 9.47 Å². The van der Waals surface area contributed by atoms with E-state index in [-0.39, 0.29) is 18.3 Å². The van der Waals surface area contributed by atoms with Crippen LogP contribution >= 0.6 is 11.3 Å².